The Balaban J connectivity index is -0.0000000277. The van der Waals surface area contributed by atoms with Gasteiger partial charge in [0.2, 0.25) is 0 Å². The minimum Gasteiger partial charge on any atom is -0.759 e. The van der Waals surface area contributed by atoms with Gasteiger partial charge in [0.15, 0.2) is 0 Å². The van der Waals surface area contributed by atoms with Crippen LogP contribution in [0.3, 0.4) is 0 Å². The third-order valence-corrected chi connectivity index (χ3v) is 0. The molecule has 0 bridgehead atoms. The van der Waals surface area contributed by atoms with E-state index in [4.69, 9.17) is 52.6 Å². The summed E-state index contributed by atoms with van der Waals surface area (Å²) < 4.78 is 102. The molecule has 0 aliphatic carbocycles. The Hall–Kier alpha value is 0.869. The summed E-state index contributed by atoms with van der Waals surface area (Å²) in [7, 11) is -15.5. The van der Waals surface area contributed by atoms with Gasteiger partial charge in [0, 0.05) is 31.2 Å². The maximum absolute atomic E-state index is 8.52. The van der Waals surface area contributed by atoms with E-state index in [1.54, 1.807) is 0 Å². The van der Waals surface area contributed by atoms with Crippen molar-refractivity contribution in [2.75, 3.05) is 0 Å². The van der Waals surface area contributed by atoms with E-state index >= 15 is 0 Å². The summed E-state index contributed by atoms with van der Waals surface area (Å²) in [5.74, 6) is 0. The van der Waals surface area contributed by atoms with Crippen LogP contribution in [0.15, 0.2) is 0 Å². The molecule has 4 N–H and O–H groups in total. The molecule has 0 heterocycles. The van der Waals surface area contributed by atoms with E-state index in [0.29, 0.717) is 0 Å². The van der Waals surface area contributed by atoms with E-state index in [1.165, 1.54) is 0 Å². The summed E-state index contributed by atoms with van der Waals surface area (Å²) in [6.45, 7) is 0. The van der Waals surface area contributed by atoms with E-state index < -0.39 is 31.2 Å². The van der Waals surface area contributed by atoms with Crippen molar-refractivity contribution in [1.29, 1.82) is 0 Å². The van der Waals surface area contributed by atoms with Crippen LogP contribution in [-0.2, 0) is 31.2 Å². The van der Waals surface area contributed by atoms with E-state index in [-0.39, 0.29) is 46.6 Å². The van der Waals surface area contributed by atoms with Gasteiger partial charge in [0.25, 0.3) is 0 Å². The molecule has 0 amide bonds. The maximum atomic E-state index is 8.52. The molecule has 0 saturated carbocycles. The van der Waals surface area contributed by atoms with Gasteiger partial charge >= 0.3 is 40.4 Å². The number of hydrogen-bond acceptors (Lipinski definition) is 12. The van der Waals surface area contributed by atoms with Crippen molar-refractivity contribution in [3.8, 4) is 0 Å². The second-order valence-electron chi connectivity index (χ2n) is 1.22. The van der Waals surface area contributed by atoms with Crippen LogP contribution in [0.1, 0.15) is 0 Å². The fraction of sp³-hybridized carbons (Fsp3) is 0. The third kappa shape index (κ3) is 5630. The van der Waals surface area contributed by atoms with Crippen LogP contribution >= 0.6 is 0 Å². The van der Waals surface area contributed by atoms with Crippen LogP contribution in [0, 0.1) is 0 Å². The third-order valence-electron chi connectivity index (χ3n) is 0. The zero-order chi connectivity index (χ0) is 13.5. The van der Waals surface area contributed by atoms with Gasteiger partial charge < -0.3 is 33.5 Å². The molecule has 104 valence electrons. The van der Waals surface area contributed by atoms with Gasteiger partial charge in [-0.1, -0.05) is 0 Å². The van der Waals surface area contributed by atoms with Crippen molar-refractivity contribution < 1.29 is 52.6 Å². The Kier molecular flexibility index (Phi) is 28.9. The molecule has 0 unspecified atom stereocenters. The Morgan fingerprint density at radius 2 is 0.500 bits per heavy atom. The Morgan fingerprint density at radius 3 is 0.500 bits per heavy atom. The largest absolute Gasteiger partial charge is 3.00 e. The summed E-state index contributed by atoms with van der Waals surface area (Å²) in [5.41, 5.74) is 0. The molecule has 0 aromatic carbocycles. The molecule has 0 radical (unpaired) electrons. The SMILES string of the molecule is O=S(=O)([O-])[O-].O=S(=O)([O-])[O-].O=S(=O)([O-])[O-].[Al+3].[Mg+2].[NH4+]. The summed E-state index contributed by atoms with van der Waals surface area (Å²) in [5, 5.41) is 0. The zero-order valence-corrected chi connectivity index (χ0v) is 13.4. The first kappa shape index (κ1) is 36.4. The van der Waals surface area contributed by atoms with Crippen molar-refractivity contribution >= 4 is 71.6 Å². The maximum Gasteiger partial charge on any atom is 3.00 e. The first-order valence-corrected chi connectivity index (χ1v) is 6.00. The molecule has 13 nitrogen and oxygen atoms in total. The minimum absolute atomic E-state index is 0. The van der Waals surface area contributed by atoms with Gasteiger partial charge in [-0.25, -0.2) is 0 Å². The van der Waals surface area contributed by atoms with Crippen LogP contribution < -0.4 is 6.15 Å². The summed E-state index contributed by atoms with van der Waals surface area (Å²) >= 11 is 0. The molecule has 0 aromatic rings. The Bertz CT molecular complexity index is 348. The minimum atomic E-state index is -5.17. The number of quaternary nitrogens is 1. The van der Waals surface area contributed by atoms with Crippen LogP contribution in [0.4, 0.5) is 0 Å². The molecule has 0 saturated heterocycles. The molecule has 0 aliphatic rings. The number of hydrogen-bond donors (Lipinski definition) is 1. The normalized spacial score (nSPS) is 9.67. The van der Waals surface area contributed by atoms with Crippen molar-refractivity contribution in [1.82, 2.24) is 6.15 Å². The second kappa shape index (κ2) is 14.3. The first-order chi connectivity index (χ1) is 6.00. The fourth-order valence-electron chi connectivity index (χ4n) is 0. The molecule has 18 heteroatoms. The van der Waals surface area contributed by atoms with E-state index in [9.17, 15) is 0 Å². The van der Waals surface area contributed by atoms with Gasteiger partial charge in [0.1, 0.15) is 0 Å². The molecule has 0 atom stereocenters. The average Bonchev–Trinajstić information content (AvgIpc) is 1.41. The van der Waals surface area contributed by atoms with Crippen molar-refractivity contribution in [2.45, 2.75) is 0 Å². The van der Waals surface area contributed by atoms with Crippen LogP contribution in [0.25, 0.3) is 0 Å². The summed E-state index contributed by atoms with van der Waals surface area (Å²) in [6, 6.07) is 0. The first-order valence-electron chi connectivity index (χ1n) is 2.00. The van der Waals surface area contributed by atoms with Gasteiger partial charge in [0.05, 0.1) is 0 Å². The Labute approximate surface area is 130 Å². The molecule has 0 aromatic heterocycles. The second-order valence-corrected chi connectivity index (χ2v) is 3.67. The van der Waals surface area contributed by atoms with E-state index in [2.05, 4.69) is 0 Å². The number of rotatable bonds is 0. The van der Waals surface area contributed by atoms with Crippen molar-refractivity contribution in [2.24, 2.45) is 0 Å². The molecule has 0 aliphatic heterocycles. The summed E-state index contributed by atoms with van der Waals surface area (Å²) in [4.78, 5) is 0. The zero-order valence-electron chi connectivity index (χ0n) is 8.41. The smallest absolute Gasteiger partial charge is 0.759 e. The summed E-state index contributed by atoms with van der Waals surface area (Å²) in [6.07, 6.45) is 0. The predicted octanol–water partition coefficient (Wildman–Crippen LogP) is -4.40. The van der Waals surface area contributed by atoms with Gasteiger partial charge in [-0.2, -0.15) is 0 Å². The Morgan fingerprint density at radius 1 is 0.500 bits per heavy atom. The van der Waals surface area contributed by atoms with Crippen LogP contribution in [-0.4, -0.2) is 93.0 Å². The molecule has 0 rings (SSSR count). The standard InChI is InChI=1S/Al.Mg.H3N.3H2O4S/c;;;3*1-5(2,3)4/h;;1H3;3*(H2,1,2,3,4)/q+3;+2;;;;/p-5. The molecule has 0 spiro atoms. The molecule has 18 heavy (non-hydrogen) atoms. The van der Waals surface area contributed by atoms with Crippen molar-refractivity contribution in [3.63, 3.8) is 0 Å². The molecular formula is H4AlMgNO12S3. The van der Waals surface area contributed by atoms with Gasteiger partial charge in [-0.3, -0.25) is 25.3 Å². The quantitative estimate of drug-likeness (QED) is 0.244. The fourth-order valence-corrected chi connectivity index (χ4v) is 0. The van der Waals surface area contributed by atoms with E-state index in [0.717, 1.165) is 0 Å². The molecule has 0 fully saturated rings. The van der Waals surface area contributed by atoms with Crippen LogP contribution in [0.5, 0.6) is 0 Å². The van der Waals surface area contributed by atoms with Crippen molar-refractivity contribution in [3.05, 3.63) is 0 Å². The van der Waals surface area contributed by atoms with Gasteiger partial charge in [-0.05, 0) is 0 Å². The van der Waals surface area contributed by atoms with Gasteiger partial charge in [-0.15, -0.1) is 0 Å². The predicted molar refractivity (Wildman–Crippen MR) is 48.9 cm³/mol. The topological polar surface area (TPSA) is 277 Å². The monoisotopic (exact) mass is 357 g/mol. The molecular weight excluding hydrogens is 353 g/mol. The average molecular weight is 358 g/mol. The van der Waals surface area contributed by atoms with E-state index in [1.807, 2.05) is 0 Å². The van der Waals surface area contributed by atoms with Crippen LogP contribution in [0.2, 0.25) is 0 Å².